The number of imidazole rings is 1. The minimum Gasteiger partial charge on any atom is -0.310 e. The molecule has 0 aliphatic heterocycles. The number of hydrogen-bond donors (Lipinski definition) is 1. The second kappa shape index (κ2) is 6.50. The van der Waals surface area contributed by atoms with E-state index in [9.17, 15) is 9.18 Å². The second-order valence-corrected chi connectivity index (χ2v) is 6.01. The van der Waals surface area contributed by atoms with Gasteiger partial charge in [0.15, 0.2) is 0 Å². The van der Waals surface area contributed by atoms with Gasteiger partial charge < -0.3 is 4.57 Å². The summed E-state index contributed by atoms with van der Waals surface area (Å²) in [5.74, 6) is -0.390. The van der Waals surface area contributed by atoms with E-state index in [1.165, 1.54) is 18.2 Å². The molecule has 0 aliphatic rings. The van der Waals surface area contributed by atoms with E-state index >= 15 is 0 Å². The molecule has 118 valence electrons. The van der Waals surface area contributed by atoms with E-state index in [1.807, 2.05) is 28.8 Å². The van der Waals surface area contributed by atoms with Crippen LogP contribution in [-0.4, -0.2) is 15.5 Å². The van der Waals surface area contributed by atoms with Crippen LogP contribution in [0.25, 0.3) is 11.0 Å². The first-order chi connectivity index (χ1) is 11.1. The quantitative estimate of drug-likeness (QED) is 0.724. The Morgan fingerprint density at radius 3 is 2.87 bits per heavy atom. The van der Waals surface area contributed by atoms with E-state index in [0.717, 1.165) is 24.0 Å². The van der Waals surface area contributed by atoms with E-state index < -0.39 is 11.7 Å². The van der Waals surface area contributed by atoms with Gasteiger partial charge in [-0.2, -0.15) is 0 Å². The third kappa shape index (κ3) is 3.12. The van der Waals surface area contributed by atoms with Gasteiger partial charge in [0.1, 0.15) is 5.82 Å². The number of halogens is 2. The van der Waals surface area contributed by atoms with E-state index in [4.69, 9.17) is 0 Å². The first-order valence-electron chi connectivity index (χ1n) is 7.32. The Balaban J connectivity index is 1.99. The summed E-state index contributed by atoms with van der Waals surface area (Å²) in [5.41, 5.74) is 2.01. The minimum atomic E-state index is -0.458. The Morgan fingerprint density at radius 1 is 1.30 bits per heavy atom. The molecule has 0 bridgehead atoms. The highest BCUT2D eigenvalue weighted by Gasteiger charge is 2.16. The van der Waals surface area contributed by atoms with Crippen LogP contribution < -0.4 is 5.32 Å². The standard InChI is InChI=1S/C17H15BrFN3O/c1-2-9-22-15-6-4-3-5-14(15)20-17(22)21-16(23)12-10-11(19)7-8-13(12)18/h3-8,10H,2,9H2,1H3,(H,20,21,23). The molecule has 0 atom stereocenters. The van der Waals surface area contributed by atoms with Crippen LogP contribution in [0.2, 0.25) is 0 Å². The minimum absolute atomic E-state index is 0.236. The average molecular weight is 376 g/mol. The summed E-state index contributed by atoms with van der Waals surface area (Å²) in [6, 6.07) is 11.7. The maximum absolute atomic E-state index is 13.4. The lowest BCUT2D eigenvalue weighted by atomic mass is 10.2. The number of para-hydroxylation sites is 2. The van der Waals surface area contributed by atoms with Crippen LogP contribution in [0.4, 0.5) is 10.3 Å². The Morgan fingerprint density at radius 2 is 2.09 bits per heavy atom. The van der Waals surface area contributed by atoms with Crippen LogP contribution in [0.15, 0.2) is 46.9 Å². The predicted octanol–water partition coefficient (Wildman–Crippen LogP) is 4.60. The van der Waals surface area contributed by atoms with Gasteiger partial charge in [-0.1, -0.05) is 19.1 Å². The number of carbonyl (C=O) groups excluding carboxylic acids is 1. The molecule has 6 heteroatoms. The highest BCUT2D eigenvalue weighted by Crippen LogP contribution is 2.23. The van der Waals surface area contributed by atoms with E-state index in [0.29, 0.717) is 10.4 Å². The maximum atomic E-state index is 13.4. The van der Waals surface area contributed by atoms with Gasteiger partial charge in [0.25, 0.3) is 5.91 Å². The van der Waals surface area contributed by atoms with Gasteiger partial charge in [-0.25, -0.2) is 9.37 Å². The molecule has 0 unspecified atom stereocenters. The van der Waals surface area contributed by atoms with Crippen molar-refractivity contribution >= 4 is 38.8 Å². The Kier molecular flexibility index (Phi) is 4.43. The number of carbonyl (C=O) groups is 1. The van der Waals surface area contributed by atoms with Gasteiger partial charge >= 0.3 is 0 Å². The van der Waals surface area contributed by atoms with Gasteiger partial charge in [-0.15, -0.1) is 0 Å². The van der Waals surface area contributed by atoms with Crippen molar-refractivity contribution in [2.75, 3.05) is 5.32 Å². The summed E-state index contributed by atoms with van der Waals surface area (Å²) < 4.78 is 15.9. The zero-order valence-corrected chi connectivity index (χ0v) is 14.1. The molecule has 23 heavy (non-hydrogen) atoms. The number of nitrogens with zero attached hydrogens (tertiary/aromatic N) is 2. The first-order valence-corrected chi connectivity index (χ1v) is 8.11. The van der Waals surface area contributed by atoms with Crippen LogP contribution >= 0.6 is 15.9 Å². The van der Waals surface area contributed by atoms with Crippen molar-refractivity contribution in [2.45, 2.75) is 19.9 Å². The molecule has 0 radical (unpaired) electrons. The van der Waals surface area contributed by atoms with Gasteiger partial charge in [0, 0.05) is 11.0 Å². The lowest BCUT2D eigenvalue weighted by Gasteiger charge is -2.10. The van der Waals surface area contributed by atoms with Gasteiger partial charge in [0.05, 0.1) is 16.6 Å². The molecule has 0 saturated carbocycles. The smallest absolute Gasteiger partial charge is 0.259 e. The monoisotopic (exact) mass is 375 g/mol. The van der Waals surface area contributed by atoms with Gasteiger partial charge in [-0.3, -0.25) is 10.1 Å². The number of aryl methyl sites for hydroxylation is 1. The molecule has 3 rings (SSSR count). The number of rotatable bonds is 4. The van der Waals surface area contributed by atoms with Crippen LogP contribution in [-0.2, 0) is 6.54 Å². The Bertz CT molecular complexity index is 875. The number of benzene rings is 2. The van der Waals surface area contributed by atoms with Crippen molar-refractivity contribution in [3.63, 3.8) is 0 Å². The molecular formula is C17H15BrFN3O. The number of amides is 1. The molecule has 1 amide bonds. The highest BCUT2D eigenvalue weighted by atomic mass is 79.9. The van der Waals surface area contributed by atoms with Gasteiger partial charge in [-0.05, 0) is 52.7 Å². The largest absolute Gasteiger partial charge is 0.310 e. The number of fused-ring (bicyclic) bond motifs is 1. The number of aromatic nitrogens is 2. The Hall–Kier alpha value is -2.21. The average Bonchev–Trinajstić information content (AvgIpc) is 2.88. The topological polar surface area (TPSA) is 46.9 Å². The summed E-state index contributed by atoms with van der Waals surface area (Å²) in [7, 11) is 0. The first kappa shape index (κ1) is 15.7. The number of anilines is 1. The molecule has 2 aromatic carbocycles. The molecule has 1 N–H and O–H groups in total. The van der Waals surface area contributed by atoms with Crippen molar-refractivity contribution in [3.8, 4) is 0 Å². The fourth-order valence-electron chi connectivity index (χ4n) is 2.46. The lowest BCUT2D eigenvalue weighted by Crippen LogP contribution is -2.16. The fraction of sp³-hybridized carbons (Fsp3) is 0.176. The molecule has 1 aromatic heterocycles. The number of nitrogens with one attached hydrogen (secondary N) is 1. The van der Waals surface area contributed by atoms with E-state index in [-0.39, 0.29) is 5.56 Å². The van der Waals surface area contributed by atoms with Crippen molar-refractivity contribution in [1.82, 2.24) is 9.55 Å². The summed E-state index contributed by atoms with van der Waals surface area (Å²) in [5, 5.41) is 2.79. The summed E-state index contributed by atoms with van der Waals surface area (Å²) in [6.45, 7) is 2.80. The molecule has 0 fully saturated rings. The second-order valence-electron chi connectivity index (χ2n) is 5.15. The molecule has 1 heterocycles. The third-order valence-electron chi connectivity index (χ3n) is 3.50. The van der Waals surface area contributed by atoms with Gasteiger partial charge in [0.2, 0.25) is 5.95 Å². The van der Waals surface area contributed by atoms with Crippen LogP contribution in [0.3, 0.4) is 0 Å². The molecular weight excluding hydrogens is 361 g/mol. The normalized spacial score (nSPS) is 10.9. The molecule has 4 nitrogen and oxygen atoms in total. The lowest BCUT2D eigenvalue weighted by molar-refractivity contribution is 0.102. The van der Waals surface area contributed by atoms with Crippen molar-refractivity contribution in [2.24, 2.45) is 0 Å². The van der Waals surface area contributed by atoms with Crippen LogP contribution in [0.5, 0.6) is 0 Å². The molecule has 3 aromatic rings. The van der Waals surface area contributed by atoms with Crippen molar-refractivity contribution in [3.05, 3.63) is 58.3 Å². The fourth-order valence-corrected chi connectivity index (χ4v) is 2.89. The third-order valence-corrected chi connectivity index (χ3v) is 4.19. The van der Waals surface area contributed by atoms with E-state index in [1.54, 1.807) is 0 Å². The van der Waals surface area contributed by atoms with Crippen molar-refractivity contribution in [1.29, 1.82) is 0 Å². The zero-order valence-electron chi connectivity index (χ0n) is 12.5. The van der Waals surface area contributed by atoms with Crippen LogP contribution in [0.1, 0.15) is 23.7 Å². The van der Waals surface area contributed by atoms with E-state index in [2.05, 4.69) is 33.2 Å². The molecule has 0 spiro atoms. The molecule has 0 aliphatic carbocycles. The Labute approximate surface area is 141 Å². The highest BCUT2D eigenvalue weighted by molar-refractivity contribution is 9.10. The summed E-state index contributed by atoms with van der Waals surface area (Å²) in [6.07, 6.45) is 0.910. The number of hydrogen-bond acceptors (Lipinski definition) is 2. The van der Waals surface area contributed by atoms with Crippen LogP contribution in [0, 0.1) is 5.82 Å². The van der Waals surface area contributed by atoms with Crippen molar-refractivity contribution < 1.29 is 9.18 Å². The molecule has 0 saturated heterocycles. The SMILES string of the molecule is CCCn1c(NC(=O)c2cc(F)ccc2Br)nc2ccccc21. The maximum Gasteiger partial charge on any atom is 0.259 e. The summed E-state index contributed by atoms with van der Waals surface area (Å²) >= 11 is 3.27. The summed E-state index contributed by atoms with van der Waals surface area (Å²) in [4.78, 5) is 16.9. The predicted molar refractivity (Wildman–Crippen MR) is 92.1 cm³/mol. The zero-order chi connectivity index (χ0) is 16.4.